The van der Waals surface area contributed by atoms with Crippen LogP contribution in [0.2, 0.25) is 0 Å². The van der Waals surface area contributed by atoms with Crippen LogP contribution >= 0.6 is 0 Å². The number of aliphatic hydroxyl groups excluding tert-OH is 17. The number of benzene rings is 2. The molecule has 102 heavy (non-hydrogen) atoms. The molecule has 36 heteroatoms. The second-order valence-corrected chi connectivity index (χ2v) is 25.8. The van der Waals surface area contributed by atoms with Gasteiger partial charge in [-0.25, -0.2) is 0 Å². The van der Waals surface area contributed by atoms with Crippen molar-refractivity contribution in [1.82, 2.24) is 16.0 Å². The summed E-state index contributed by atoms with van der Waals surface area (Å²) in [5.74, 6) is -4.67. The molecule has 22 aliphatic rings. The van der Waals surface area contributed by atoms with Crippen molar-refractivity contribution in [3.05, 3.63) is 83.9 Å². The minimum Gasteiger partial charge on any atom is -0.394 e. The first-order valence-electron chi connectivity index (χ1n) is 33.9. The molecule has 36 nitrogen and oxygen atoms in total. The van der Waals surface area contributed by atoms with E-state index in [0.717, 1.165) is 11.1 Å². The zero-order valence-corrected chi connectivity index (χ0v) is 55.2. The summed E-state index contributed by atoms with van der Waals surface area (Å²) in [6.07, 6.45) is -53.2. The molecule has 3 amide bonds. The van der Waals surface area contributed by atoms with E-state index in [-0.39, 0.29) is 51.1 Å². The molecule has 0 spiro atoms. The summed E-state index contributed by atoms with van der Waals surface area (Å²) in [4.78, 5) is 55.1. The van der Waals surface area contributed by atoms with Crippen LogP contribution in [0.25, 0.3) is 12.2 Å². The molecule has 12 bridgehead atoms. The first-order chi connectivity index (χ1) is 49.0. The Morgan fingerprint density at radius 3 is 0.971 bits per heavy atom. The van der Waals surface area contributed by atoms with Crippen molar-refractivity contribution in [1.29, 1.82) is 0 Å². The van der Waals surface area contributed by atoms with Gasteiger partial charge in [-0.1, -0.05) is 67.1 Å². The molecule has 22 heterocycles. The molecular formula is C66H95N3O33. The van der Waals surface area contributed by atoms with Crippen molar-refractivity contribution < 1.29 is 163 Å². The minimum atomic E-state index is -2.37. The van der Waals surface area contributed by atoms with E-state index < -0.39 is 247 Å². The van der Waals surface area contributed by atoms with Crippen molar-refractivity contribution in [2.24, 2.45) is 5.92 Å². The first-order valence-corrected chi connectivity index (χ1v) is 33.9. The fourth-order valence-corrected chi connectivity index (χ4v) is 13.1. The molecule has 0 radical (unpaired) electrons. The summed E-state index contributed by atoms with van der Waals surface area (Å²) >= 11 is 0. The normalized spacial score (nSPS) is 40.2. The fraction of sp³-hybridized carbons (Fsp3) is 0.697. The van der Waals surface area contributed by atoms with Gasteiger partial charge in [0.05, 0.1) is 51.6 Å². The lowest BCUT2D eigenvalue weighted by Gasteiger charge is -2.51. The third kappa shape index (κ3) is 19.7. The lowest BCUT2D eigenvalue weighted by Crippen LogP contribution is -2.69. The lowest BCUT2D eigenvalue weighted by atomic mass is 9.81. The first kappa shape index (κ1) is 80.9. The van der Waals surface area contributed by atoms with Crippen LogP contribution < -0.4 is 16.0 Å². The largest absolute Gasteiger partial charge is 0.394 e. The summed E-state index contributed by atoms with van der Waals surface area (Å²) in [6.45, 7) is -6.24. The Morgan fingerprint density at radius 1 is 0.353 bits per heavy atom. The third-order valence-electron chi connectivity index (χ3n) is 18.8. The average molecular weight is 1460 g/mol. The standard InChI is InChI=1S/C66H95N3O33/c70-24-33-55-42(43(79)32(16-9-11-23-68-40(77)21-19-31-14-6-2-7-15-31)69-41(78)17-8-3-10-22-67-39(76)20-18-30-12-4-1-5-13-30)44(80)61(91-33)98-56-34(25-71)93-63(51(87)46(56)82)100-58-36(27-73)95-65(53(89)48(58)84)102-60-38(29-75)96-66(54(90)49(60)85)101-59-37(28-74)94-64(52(88)47(59)83)99-57-35(26-72)92-62(97-55)50(86)45(57)81/h1-2,4-7,12-15,18-21,32-38,42,44-66,70-75,80-90H,3,8-11,16-17,22-29H2,(H,67,76)(H,68,77)(H,69,78)/b20-18+,21-19+/t32-,33+,34+,35+,36+,37+,38+,42+,44+,45+,46+,47+,48+,49+,50+,51+,52+,53+,54+,55+,56+,57+,58+,59+,60+,61+,62+,63+,64+,65+,66+/m0/s1. The summed E-state index contributed by atoms with van der Waals surface area (Å²) in [5, 5.41) is 201. The predicted octanol–water partition coefficient (Wildman–Crippen LogP) is -8.36. The van der Waals surface area contributed by atoms with Crippen molar-refractivity contribution in [3.63, 3.8) is 0 Å². The maximum Gasteiger partial charge on any atom is 0.243 e. The van der Waals surface area contributed by atoms with Gasteiger partial charge in [0.1, 0.15) is 140 Å². The summed E-state index contributed by atoms with van der Waals surface area (Å²) in [7, 11) is 0. The van der Waals surface area contributed by atoms with E-state index in [1.165, 1.54) is 12.2 Å². The summed E-state index contributed by atoms with van der Waals surface area (Å²) < 4.78 is 70.8. The Bertz CT molecular complexity index is 2970. The number of aliphatic hydroxyl groups is 17. The van der Waals surface area contributed by atoms with Gasteiger partial charge < -0.3 is 160 Å². The Labute approximate surface area is 584 Å². The van der Waals surface area contributed by atoms with Gasteiger partial charge in [0.25, 0.3) is 0 Å². The van der Waals surface area contributed by atoms with Gasteiger partial charge in [0, 0.05) is 31.7 Å². The van der Waals surface area contributed by atoms with E-state index >= 15 is 4.79 Å². The Kier molecular flexibility index (Phi) is 30.5. The molecule has 0 saturated carbocycles. The molecule has 22 aliphatic heterocycles. The highest BCUT2D eigenvalue weighted by Gasteiger charge is 2.60. The number of rotatable bonds is 24. The van der Waals surface area contributed by atoms with Gasteiger partial charge in [-0.15, -0.1) is 0 Å². The lowest BCUT2D eigenvalue weighted by molar-refractivity contribution is -0.402. The number of nitrogens with one attached hydrogen (secondary N) is 3. The van der Waals surface area contributed by atoms with Gasteiger partial charge in [0.2, 0.25) is 17.7 Å². The Balaban J connectivity index is 1.01. The zero-order chi connectivity index (χ0) is 73.5. The van der Waals surface area contributed by atoms with Crippen LogP contribution in [0.3, 0.4) is 0 Å². The number of ketones is 1. The maximum atomic E-state index is 15.7. The van der Waals surface area contributed by atoms with Crippen LogP contribution in [0, 0.1) is 5.92 Å². The van der Waals surface area contributed by atoms with E-state index in [1.54, 1.807) is 36.4 Å². The number of ether oxygens (including phenoxy) is 12. The highest BCUT2D eigenvalue weighted by Crippen LogP contribution is 2.40. The monoisotopic (exact) mass is 1460 g/mol. The molecule has 22 fully saturated rings. The molecule has 0 aromatic heterocycles. The minimum absolute atomic E-state index is 0.0579. The van der Waals surface area contributed by atoms with Crippen LogP contribution in [-0.2, 0) is 76.0 Å². The average Bonchev–Trinajstić information content (AvgIpc) is 0.767. The molecule has 24 rings (SSSR count). The van der Waals surface area contributed by atoms with Crippen LogP contribution in [0.4, 0.5) is 0 Å². The van der Waals surface area contributed by atoms with Gasteiger partial charge >= 0.3 is 0 Å². The van der Waals surface area contributed by atoms with Crippen molar-refractivity contribution >= 4 is 35.7 Å². The summed E-state index contributed by atoms with van der Waals surface area (Å²) in [6, 6.07) is 16.5. The molecule has 31 atom stereocenters. The molecule has 2 aromatic carbocycles. The maximum absolute atomic E-state index is 15.7. The molecule has 20 N–H and O–H groups in total. The number of carbonyl (C=O) groups is 4. The molecule has 0 aliphatic carbocycles. The van der Waals surface area contributed by atoms with Crippen molar-refractivity contribution in [3.8, 4) is 0 Å². The van der Waals surface area contributed by atoms with Gasteiger partial charge in [-0.2, -0.15) is 0 Å². The third-order valence-corrected chi connectivity index (χ3v) is 18.8. The van der Waals surface area contributed by atoms with Crippen LogP contribution in [0.1, 0.15) is 56.1 Å². The zero-order valence-electron chi connectivity index (χ0n) is 55.2. The number of carbonyl (C=O) groups excluding carboxylic acids is 4. The quantitative estimate of drug-likeness (QED) is 0.0343. The van der Waals surface area contributed by atoms with E-state index in [0.29, 0.717) is 12.8 Å². The Morgan fingerprint density at radius 2 is 0.647 bits per heavy atom. The van der Waals surface area contributed by atoms with E-state index in [2.05, 4.69) is 16.0 Å². The topological polar surface area (TPSA) is 559 Å². The second kappa shape index (κ2) is 38.4. The van der Waals surface area contributed by atoms with Gasteiger partial charge in [-0.3, -0.25) is 19.2 Å². The van der Waals surface area contributed by atoms with Crippen LogP contribution in [0.15, 0.2) is 72.8 Å². The van der Waals surface area contributed by atoms with Crippen molar-refractivity contribution in [2.45, 2.75) is 229 Å². The summed E-state index contributed by atoms with van der Waals surface area (Å²) in [5.41, 5.74) is 1.56. The molecule has 2 aromatic rings. The number of unbranched alkanes of at least 4 members (excludes halogenated alkanes) is 3. The number of hydrogen-bond acceptors (Lipinski definition) is 33. The highest BCUT2D eigenvalue weighted by molar-refractivity contribution is 5.93. The van der Waals surface area contributed by atoms with Crippen LogP contribution in [-0.4, -0.2) is 347 Å². The van der Waals surface area contributed by atoms with E-state index in [1.807, 2.05) is 36.4 Å². The van der Waals surface area contributed by atoms with Gasteiger partial charge in [0.15, 0.2) is 43.5 Å². The SMILES string of the molecule is O=C(/C=C/c1ccccc1)NCCCCCC(=O)N[C@@H](CCCCNC(=O)/C=C/c1ccccc1)C(=O)[C@@H]1[C@@H](O)[C@H]2O[C@H]3[C@H](O)[C@@H](O)[C@@H](O[C@H]4[C@H](O)[C@@H](O)[C@@H](O[C@H]5[C@H](O)[C@@H](O)[C@@H](O[C@H]6[C@H](O)[C@@H](O)[C@@H](O[C@H]7[C@H](O)[C@@H](O)[C@@H](O[C@@H]1[C@@H](CO)O2)O[C@@H]7CO)O[C@@H]6CO)O[C@@H]5CO)O[C@@H]4CO)O[C@@H]3CO. The highest BCUT2D eigenvalue weighted by atomic mass is 16.8. The second-order valence-electron chi connectivity index (χ2n) is 25.8. The molecule has 22 saturated heterocycles. The molecular weight excluding hydrogens is 1360 g/mol. The van der Waals surface area contributed by atoms with Gasteiger partial charge in [-0.05, 0) is 55.4 Å². The number of Topliss-reactive ketones (excluding diaryl/α,β-unsaturated/α-hetero) is 1. The predicted molar refractivity (Wildman–Crippen MR) is 340 cm³/mol. The number of hydrogen-bond donors (Lipinski definition) is 20. The molecule has 0 unspecified atom stereocenters. The smallest absolute Gasteiger partial charge is 0.243 e. The Hall–Kier alpha value is -5.16. The molecule has 572 valence electrons. The van der Waals surface area contributed by atoms with Crippen molar-refractivity contribution in [2.75, 3.05) is 52.7 Å². The fourth-order valence-electron chi connectivity index (χ4n) is 13.1. The van der Waals surface area contributed by atoms with Crippen LogP contribution in [0.5, 0.6) is 0 Å². The van der Waals surface area contributed by atoms with E-state index in [9.17, 15) is 101 Å². The number of amides is 3. The van der Waals surface area contributed by atoms with E-state index in [4.69, 9.17) is 56.8 Å².